The van der Waals surface area contributed by atoms with E-state index in [1.807, 2.05) is 36.4 Å². The van der Waals surface area contributed by atoms with Crippen molar-refractivity contribution in [2.24, 2.45) is 0 Å². The molecule has 104 valence electrons. The van der Waals surface area contributed by atoms with Crippen molar-refractivity contribution in [1.82, 2.24) is 0 Å². The molecule has 0 aromatic heterocycles. The minimum atomic E-state index is -1.45. The van der Waals surface area contributed by atoms with Crippen molar-refractivity contribution < 1.29 is 13.2 Å². The molecule has 0 nitrogen and oxygen atoms in total. The summed E-state index contributed by atoms with van der Waals surface area (Å²) < 4.78 is 40.2. The fourth-order valence-corrected chi connectivity index (χ4v) is 2.25. The van der Waals surface area contributed by atoms with Crippen LogP contribution in [0, 0.1) is 17.5 Å². The van der Waals surface area contributed by atoms with Gasteiger partial charge in [-0.15, -0.1) is 0 Å². The highest BCUT2D eigenvalue weighted by atomic mass is 19.2. The molecule has 3 aromatic rings. The average molecular weight is 284 g/mol. The van der Waals surface area contributed by atoms with E-state index in [-0.39, 0.29) is 5.56 Å². The van der Waals surface area contributed by atoms with E-state index in [0.29, 0.717) is 5.56 Å². The van der Waals surface area contributed by atoms with Crippen LogP contribution in [0.15, 0.2) is 66.7 Å². The lowest BCUT2D eigenvalue weighted by molar-refractivity contribution is 0.449. The molecule has 0 bridgehead atoms. The van der Waals surface area contributed by atoms with Crippen LogP contribution in [0.25, 0.3) is 22.3 Å². The summed E-state index contributed by atoms with van der Waals surface area (Å²) in [6.45, 7) is 0. The third-order valence-electron chi connectivity index (χ3n) is 3.32. The lowest BCUT2D eigenvalue weighted by atomic mass is 9.98. The molecule has 0 spiro atoms. The minimum Gasteiger partial charge on any atom is -0.204 e. The first-order valence-electron chi connectivity index (χ1n) is 6.46. The Morgan fingerprint density at radius 1 is 0.524 bits per heavy atom. The Bertz CT molecular complexity index is 780. The lowest BCUT2D eigenvalue weighted by Gasteiger charge is -2.08. The molecule has 0 atom stereocenters. The highest BCUT2D eigenvalue weighted by molar-refractivity contribution is 5.73. The Hall–Kier alpha value is -2.55. The zero-order valence-corrected chi connectivity index (χ0v) is 11.0. The van der Waals surface area contributed by atoms with Crippen molar-refractivity contribution in [2.45, 2.75) is 0 Å². The fraction of sp³-hybridized carbons (Fsp3) is 0. The fourth-order valence-electron chi connectivity index (χ4n) is 2.25. The standard InChI is InChI=1S/C18H11F3/c19-16-10-9-15(17(20)18(16)21)14-8-4-7-13(11-14)12-5-2-1-3-6-12/h1-11H. The van der Waals surface area contributed by atoms with Crippen LogP contribution in [0.5, 0.6) is 0 Å². The molecule has 3 rings (SSSR count). The number of rotatable bonds is 2. The number of benzene rings is 3. The van der Waals surface area contributed by atoms with Gasteiger partial charge in [0.05, 0.1) is 0 Å². The van der Waals surface area contributed by atoms with Crippen molar-refractivity contribution in [3.05, 3.63) is 84.2 Å². The molecule has 0 heterocycles. The summed E-state index contributed by atoms with van der Waals surface area (Å²) in [6.07, 6.45) is 0. The maximum Gasteiger partial charge on any atom is 0.195 e. The Labute approximate surface area is 120 Å². The molecule has 0 N–H and O–H groups in total. The molecule has 3 aromatic carbocycles. The number of hydrogen-bond acceptors (Lipinski definition) is 0. The SMILES string of the molecule is Fc1ccc(-c2cccc(-c3ccccc3)c2)c(F)c1F. The van der Waals surface area contributed by atoms with Gasteiger partial charge in [0.2, 0.25) is 0 Å². The van der Waals surface area contributed by atoms with Crippen molar-refractivity contribution in [2.75, 3.05) is 0 Å². The van der Waals surface area contributed by atoms with Gasteiger partial charge in [0.25, 0.3) is 0 Å². The van der Waals surface area contributed by atoms with Crippen LogP contribution in [0.1, 0.15) is 0 Å². The summed E-state index contributed by atoms with van der Waals surface area (Å²) in [6, 6.07) is 18.8. The first kappa shape index (κ1) is 13.4. The largest absolute Gasteiger partial charge is 0.204 e. The van der Waals surface area contributed by atoms with Crippen LogP contribution in [-0.4, -0.2) is 0 Å². The van der Waals surface area contributed by atoms with Gasteiger partial charge in [-0.05, 0) is 34.9 Å². The maximum absolute atomic E-state index is 13.9. The molecule has 0 fully saturated rings. The number of hydrogen-bond donors (Lipinski definition) is 0. The van der Waals surface area contributed by atoms with Crippen LogP contribution < -0.4 is 0 Å². The molecule has 3 heteroatoms. The predicted octanol–water partition coefficient (Wildman–Crippen LogP) is 5.44. The van der Waals surface area contributed by atoms with Crippen molar-refractivity contribution in [3.63, 3.8) is 0 Å². The highest BCUT2D eigenvalue weighted by Crippen LogP contribution is 2.29. The van der Waals surface area contributed by atoms with Gasteiger partial charge in [-0.2, -0.15) is 0 Å². The second kappa shape index (κ2) is 5.44. The predicted molar refractivity (Wildman–Crippen MR) is 77.2 cm³/mol. The lowest BCUT2D eigenvalue weighted by Crippen LogP contribution is -1.94. The van der Waals surface area contributed by atoms with Gasteiger partial charge in [0, 0.05) is 5.56 Å². The molecule has 0 aliphatic rings. The summed E-state index contributed by atoms with van der Waals surface area (Å²) in [5, 5.41) is 0. The third-order valence-corrected chi connectivity index (χ3v) is 3.32. The van der Waals surface area contributed by atoms with E-state index >= 15 is 0 Å². The van der Waals surface area contributed by atoms with Crippen LogP contribution in [0.3, 0.4) is 0 Å². The summed E-state index contributed by atoms with van der Waals surface area (Å²) in [4.78, 5) is 0. The van der Waals surface area contributed by atoms with Gasteiger partial charge < -0.3 is 0 Å². The summed E-state index contributed by atoms with van der Waals surface area (Å²) in [5.41, 5.74) is 2.42. The van der Waals surface area contributed by atoms with E-state index in [9.17, 15) is 13.2 Å². The Morgan fingerprint density at radius 3 is 1.95 bits per heavy atom. The van der Waals surface area contributed by atoms with Gasteiger partial charge >= 0.3 is 0 Å². The first-order chi connectivity index (χ1) is 10.2. The molecule has 0 aliphatic carbocycles. The minimum absolute atomic E-state index is 0.0479. The molecule has 21 heavy (non-hydrogen) atoms. The smallest absolute Gasteiger partial charge is 0.195 e. The molecular formula is C18H11F3. The Kier molecular flexibility index (Phi) is 3.48. The summed E-state index contributed by atoms with van der Waals surface area (Å²) in [5.74, 6) is -3.80. The second-order valence-electron chi connectivity index (χ2n) is 4.67. The van der Waals surface area contributed by atoms with Crippen LogP contribution >= 0.6 is 0 Å². The van der Waals surface area contributed by atoms with Gasteiger partial charge in [-0.3, -0.25) is 0 Å². The monoisotopic (exact) mass is 284 g/mol. The topological polar surface area (TPSA) is 0 Å². The van der Waals surface area contributed by atoms with Crippen molar-refractivity contribution >= 4 is 0 Å². The molecule has 0 saturated carbocycles. The maximum atomic E-state index is 13.9. The molecular weight excluding hydrogens is 273 g/mol. The Morgan fingerprint density at radius 2 is 1.19 bits per heavy atom. The molecule has 0 saturated heterocycles. The van der Waals surface area contributed by atoms with Gasteiger partial charge in [0.1, 0.15) is 0 Å². The van der Waals surface area contributed by atoms with Crippen molar-refractivity contribution in [3.8, 4) is 22.3 Å². The molecule has 0 radical (unpaired) electrons. The summed E-state index contributed by atoms with van der Waals surface area (Å²) in [7, 11) is 0. The Balaban J connectivity index is 2.11. The van der Waals surface area contributed by atoms with Gasteiger partial charge in [-0.25, -0.2) is 13.2 Å². The normalized spacial score (nSPS) is 10.6. The van der Waals surface area contributed by atoms with Gasteiger partial charge in [-0.1, -0.05) is 48.5 Å². The van der Waals surface area contributed by atoms with Crippen LogP contribution in [0.4, 0.5) is 13.2 Å². The molecule has 0 unspecified atom stereocenters. The second-order valence-corrected chi connectivity index (χ2v) is 4.67. The average Bonchev–Trinajstić information content (AvgIpc) is 2.54. The van der Waals surface area contributed by atoms with E-state index in [4.69, 9.17) is 0 Å². The van der Waals surface area contributed by atoms with E-state index in [1.54, 1.807) is 18.2 Å². The van der Waals surface area contributed by atoms with E-state index in [1.165, 1.54) is 6.07 Å². The zero-order chi connectivity index (χ0) is 14.8. The van der Waals surface area contributed by atoms with Crippen molar-refractivity contribution in [1.29, 1.82) is 0 Å². The quantitative estimate of drug-likeness (QED) is 0.550. The van der Waals surface area contributed by atoms with Crippen LogP contribution in [0.2, 0.25) is 0 Å². The first-order valence-corrected chi connectivity index (χ1v) is 6.46. The van der Waals surface area contributed by atoms with Crippen LogP contribution in [-0.2, 0) is 0 Å². The molecule has 0 amide bonds. The third kappa shape index (κ3) is 2.55. The highest BCUT2D eigenvalue weighted by Gasteiger charge is 2.14. The summed E-state index contributed by atoms with van der Waals surface area (Å²) >= 11 is 0. The van der Waals surface area contributed by atoms with E-state index in [0.717, 1.165) is 17.2 Å². The number of halogens is 3. The van der Waals surface area contributed by atoms with E-state index < -0.39 is 17.5 Å². The van der Waals surface area contributed by atoms with E-state index in [2.05, 4.69) is 0 Å². The molecule has 0 aliphatic heterocycles. The zero-order valence-electron chi connectivity index (χ0n) is 11.0. The van der Waals surface area contributed by atoms with Gasteiger partial charge in [0.15, 0.2) is 17.5 Å².